The summed E-state index contributed by atoms with van der Waals surface area (Å²) in [7, 11) is 0. The Morgan fingerprint density at radius 1 is 0.765 bits per heavy atom. The molecular weight excluding hydrogens is 607 g/mol. The summed E-state index contributed by atoms with van der Waals surface area (Å²) in [6, 6.07) is 32.8. The molecule has 0 aliphatic rings. The zero-order valence-corrected chi connectivity index (χ0v) is 20.7. The summed E-state index contributed by atoms with van der Waals surface area (Å²) >= 11 is 0. The van der Waals surface area contributed by atoms with Crippen molar-refractivity contribution in [2.45, 2.75) is 6.92 Å². The Labute approximate surface area is 211 Å². The van der Waals surface area contributed by atoms with Crippen molar-refractivity contribution < 1.29 is 28.9 Å². The van der Waals surface area contributed by atoms with Gasteiger partial charge in [-0.05, 0) is 41.1 Å². The van der Waals surface area contributed by atoms with Gasteiger partial charge in [-0.2, -0.15) is 0 Å². The van der Waals surface area contributed by atoms with Crippen molar-refractivity contribution in [1.82, 2.24) is 9.97 Å². The topological polar surface area (TPSA) is 25.8 Å². The molecule has 0 N–H and O–H groups in total. The van der Waals surface area contributed by atoms with Crippen LogP contribution in [0.1, 0.15) is 5.56 Å². The standard InChI is InChI=1S/C18H12F2N.C11H8N.Ir/c1-12-11-21-18(16-9-14(19)7-8-17(16)20)10-15(12)13-5-3-2-4-6-13;1-2-6-10(7-3-1)11-8-4-5-9-12-11;/h2-8,10-11H,1H3;1-6,8-9H;/q2*-1;. The van der Waals surface area contributed by atoms with Crippen LogP contribution in [0.3, 0.4) is 0 Å². The van der Waals surface area contributed by atoms with Crippen LogP contribution in [0.4, 0.5) is 8.78 Å². The van der Waals surface area contributed by atoms with Crippen molar-refractivity contribution in [3.63, 3.8) is 0 Å². The number of aryl methyl sites for hydroxylation is 1. The van der Waals surface area contributed by atoms with E-state index in [1.54, 1.807) is 18.5 Å². The van der Waals surface area contributed by atoms with Crippen molar-refractivity contribution in [2.24, 2.45) is 0 Å². The van der Waals surface area contributed by atoms with Crippen LogP contribution in [0.2, 0.25) is 0 Å². The first-order chi connectivity index (χ1) is 16.1. The normalized spacial score (nSPS) is 9.97. The van der Waals surface area contributed by atoms with Gasteiger partial charge in [0, 0.05) is 44.1 Å². The first-order valence-corrected chi connectivity index (χ1v) is 10.4. The number of hydrogen-bond donors (Lipinski definition) is 0. The Kier molecular flexibility index (Phi) is 8.92. The second kappa shape index (κ2) is 12.1. The third-order valence-electron chi connectivity index (χ3n) is 4.95. The molecule has 2 aromatic heterocycles. The van der Waals surface area contributed by atoms with Crippen LogP contribution >= 0.6 is 0 Å². The van der Waals surface area contributed by atoms with Gasteiger partial charge in [-0.15, -0.1) is 54.1 Å². The van der Waals surface area contributed by atoms with Crippen LogP contribution in [0.25, 0.3) is 33.6 Å². The van der Waals surface area contributed by atoms with Crippen LogP contribution in [-0.4, -0.2) is 9.97 Å². The number of halogens is 2. The molecule has 0 bridgehead atoms. The molecule has 0 unspecified atom stereocenters. The molecule has 5 rings (SSSR count). The van der Waals surface area contributed by atoms with Gasteiger partial charge in [0.05, 0.1) is 0 Å². The minimum Gasteiger partial charge on any atom is -0.305 e. The van der Waals surface area contributed by atoms with Crippen molar-refractivity contribution >= 4 is 0 Å². The average Bonchev–Trinajstić information content (AvgIpc) is 2.88. The van der Waals surface area contributed by atoms with Gasteiger partial charge in [0.25, 0.3) is 0 Å². The largest absolute Gasteiger partial charge is 0.305 e. The molecule has 0 amide bonds. The molecule has 0 fully saturated rings. The number of aromatic nitrogens is 2. The SMILES string of the molecule is Cc1cnc(-c2[c-]c(F)ccc2F)cc1-c1ccccc1.[Ir].[c-]1ccccc1-c1ccccn1. The summed E-state index contributed by atoms with van der Waals surface area (Å²) in [6.07, 6.45) is 3.45. The number of benzene rings is 3. The molecule has 5 aromatic rings. The predicted octanol–water partition coefficient (Wildman–Crippen LogP) is 7.35. The molecule has 3 aromatic carbocycles. The Morgan fingerprint density at radius 2 is 1.53 bits per heavy atom. The third kappa shape index (κ3) is 6.28. The van der Waals surface area contributed by atoms with Crippen molar-refractivity contribution in [1.29, 1.82) is 0 Å². The van der Waals surface area contributed by atoms with Crippen molar-refractivity contribution in [2.75, 3.05) is 0 Å². The fraction of sp³-hybridized carbons (Fsp3) is 0.0345. The summed E-state index contributed by atoms with van der Waals surface area (Å²) in [5.74, 6) is -1.14. The first-order valence-electron chi connectivity index (χ1n) is 10.4. The van der Waals surface area contributed by atoms with Crippen molar-refractivity contribution in [3.8, 4) is 33.6 Å². The van der Waals surface area contributed by atoms with Crippen LogP contribution in [-0.2, 0) is 20.1 Å². The van der Waals surface area contributed by atoms with Gasteiger partial charge in [0.15, 0.2) is 0 Å². The summed E-state index contributed by atoms with van der Waals surface area (Å²) in [4.78, 5) is 8.42. The summed E-state index contributed by atoms with van der Waals surface area (Å²) in [5.41, 5.74) is 5.36. The van der Waals surface area contributed by atoms with E-state index in [2.05, 4.69) is 22.1 Å². The summed E-state index contributed by atoms with van der Waals surface area (Å²) in [5, 5.41) is 0. The molecule has 2 heterocycles. The molecule has 0 saturated carbocycles. The van der Waals surface area contributed by atoms with E-state index in [9.17, 15) is 8.78 Å². The fourth-order valence-corrected chi connectivity index (χ4v) is 3.30. The van der Waals surface area contributed by atoms with Crippen LogP contribution < -0.4 is 0 Å². The van der Waals surface area contributed by atoms with E-state index < -0.39 is 11.6 Å². The van der Waals surface area contributed by atoms with E-state index in [-0.39, 0.29) is 25.7 Å². The summed E-state index contributed by atoms with van der Waals surface area (Å²) in [6.45, 7) is 1.94. The van der Waals surface area contributed by atoms with E-state index in [1.165, 1.54) is 0 Å². The van der Waals surface area contributed by atoms with Crippen LogP contribution in [0, 0.1) is 30.7 Å². The van der Waals surface area contributed by atoms with Gasteiger partial charge in [-0.1, -0.05) is 54.1 Å². The Morgan fingerprint density at radius 3 is 2.24 bits per heavy atom. The van der Waals surface area contributed by atoms with Crippen LogP contribution in [0.5, 0.6) is 0 Å². The Balaban J connectivity index is 0.000000212. The van der Waals surface area contributed by atoms with E-state index in [0.29, 0.717) is 5.69 Å². The van der Waals surface area contributed by atoms with Gasteiger partial charge < -0.3 is 9.97 Å². The Hall–Kier alpha value is -3.53. The zero-order valence-electron chi connectivity index (χ0n) is 18.3. The predicted molar refractivity (Wildman–Crippen MR) is 127 cm³/mol. The first kappa shape index (κ1) is 25.1. The van der Waals surface area contributed by atoms with Crippen LogP contribution in [0.15, 0.2) is 103 Å². The minimum atomic E-state index is -0.602. The molecule has 34 heavy (non-hydrogen) atoms. The molecule has 171 valence electrons. The fourth-order valence-electron chi connectivity index (χ4n) is 3.30. The zero-order chi connectivity index (χ0) is 23.0. The van der Waals surface area contributed by atoms with Crippen molar-refractivity contribution in [3.05, 3.63) is 133 Å². The smallest absolute Gasteiger partial charge is 0.0407 e. The molecule has 2 nitrogen and oxygen atoms in total. The van der Waals surface area contributed by atoms with Gasteiger partial charge in [0.2, 0.25) is 0 Å². The molecule has 5 heteroatoms. The van der Waals surface area contributed by atoms with Gasteiger partial charge in [0.1, 0.15) is 0 Å². The minimum absolute atomic E-state index is 0. The molecule has 0 spiro atoms. The third-order valence-corrected chi connectivity index (χ3v) is 4.95. The monoisotopic (exact) mass is 627 g/mol. The number of hydrogen-bond acceptors (Lipinski definition) is 2. The molecular formula is C29H20F2IrN2-2. The molecule has 0 saturated heterocycles. The second-order valence-electron chi connectivity index (χ2n) is 7.27. The number of nitrogens with zero attached hydrogens (tertiary/aromatic N) is 2. The van der Waals surface area contributed by atoms with E-state index in [4.69, 9.17) is 0 Å². The van der Waals surface area contributed by atoms with E-state index in [1.807, 2.05) is 79.7 Å². The van der Waals surface area contributed by atoms with Gasteiger partial charge in [-0.25, -0.2) is 4.39 Å². The summed E-state index contributed by atoms with van der Waals surface area (Å²) < 4.78 is 27.1. The maximum Gasteiger partial charge on any atom is 0.0407 e. The van der Waals surface area contributed by atoms with Gasteiger partial charge >= 0.3 is 0 Å². The maximum atomic E-state index is 13.9. The molecule has 0 atom stereocenters. The quantitative estimate of drug-likeness (QED) is 0.196. The van der Waals surface area contributed by atoms with E-state index in [0.717, 1.165) is 40.1 Å². The number of rotatable bonds is 3. The Bertz CT molecular complexity index is 1290. The maximum absolute atomic E-state index is 13.9. The second-order valence-corrected chi connectivity index (χ2v) is 7.27. The molecule has 0 aliphatic carbocycles. The number of pyridine rings is 2. The molecule has 1 radical (unpaired) electrons. The average molecular weight is 627 g/mol. The van der Waals surface area contributed by atoms with E-state index >= 15 is 0 Å². The molecule has 0 aliphatic heterocycles. The van der Waals surface area contributed by atoms with Gasteiger partial charge in [-0.3, -0.25) is 4.39 Å².